The van der Waals surface area contributed by atoms with E-state index in [1.165, 1.54) is 0 Å². The molecule has 0 aliphatic carbocycles. The van der Waals surface area contributed by atoms with E-state index >= 15 is 0 Å². The van der Waals surface area contributed by atoms with Crippen LogP contribution in [0.5, 0.6) is 0 Å². The summed E-state index contributed by atoms with van der Waals surface area (Å²) < 4.78 is 25.9. The third-order valence-electron chi connectivity index (χ3n) is 1.91. The van der Waals surface area contributed by atoms with E-state index in [0.29, 0.717) is 12.6 Å². The molecule has 0 unspecified atom stereocenters. The van der Waals surface area contributed by atoms with Crippen LogP contribution in [0.3, 0.4) is 0 Å². The molecule has 0 bridgehead atoms. The van der Waals surface area contributed by atoms with Gasteiger partial charge in [-0.2, -0.15) is 0 Å². The number of anilines is 2. The number of amides is 1. The fraction of sp³-hybridized carbons (Fsp3) is 0.300. The van der Waals surface area contributed by atoms with E-state index in [9.17, 15) is 13.6 Å². The van der Waals surface area contributed by atoms with Crippen molar-refractivity contribution in [2.45, 2.75) is 6.92 Å². The molecule has 0 aliphatic rings. The molecule has 0 radical (unpaired) electrons. The Bertz CT molecular complexity index is 396. The summed E-state index contributed by atoms with van der Waals surface area (Å²) in [7, 11) is 0. The van der Waals surface area contributed by atoms with Gasteiger partial charge in [-0.1, -0.05) is 0 Å². The van der Waals surface area contributed by atoms with Crippen molar-refractivity contribution in [1.82, 2.24) is 5.32 Å². The summed E-state index contributed by atoms with van der Waals surface area (Å²) in [5.74, 6) is -1.87. The number of nitrogen functional groups attached to an aromatic ring is 1. The molecule has 16 heavy (non-hydrogen) atoms. The minimum atomic E-state index is -0.849. The average molecular weight is 229 g/mol. The van der Waals surface area contributed by atoms with Gasteiger partial charge in [-0.3, -0.25) is 4.79 Å². The molecule has 0 fully saturated rings. The lowest BCUT2D eigenvalue weighted by Crippen LogP contribution is -2.29. The van der Waals surface area contributed by atoms with E-state index in [0.717, 1.165) is 6.07 Å². The number of nitrogens with two attached hydrogens (primary N) is 1. The van der Waals surface area contributed by atoms with Crippen molar-refractivity contribution >= 4 is 17.3 Å². The Kier molecular flexibility index (Phi) is 4.04. The summed E-state index contributed by atoms with van der Waals surface area (Å²) in [4.78, 5) is 11.1. The summed E-state index contributed by atoms with van der Waals surface area (Å²) in [5.41, 5.74) is 5.25. The number of halogens is 2. The second-order valence-electron chi connectivity index (χ2n) is 3.16. The number of carbonyl (C=O) groups is 1. The second kappa shape index (κ2) is 5.29. The zero-order valence-electron chi connectivity index (χ0n) is 8.81. The molecule has 1 aromatic carbocycles. The number of benzene rings is 1. The van der Waals surface area contributed by atoms with Crippen LogP contribution < -0.4 is 16.4 Å². The van der Waals surface area contributed by atoms with Crippen molar-refractivity contribution in [3.8, 4) is 0 Å². The van der Waals surface area contributed by atoms with Gasteiger partial charge in [0.25, 0.3) is 0 Å². The van der Waals surface area contributed by atoms with Gasteiger partial charge < -0.3 is 16.4 Å². The first-order chi connectivity index (χ1) is 7.54. The first-order valence-corrected chi connectivity index (χ1v) is 4.79. The van der Waals surface area contributed by atoms with E-state index in [-0.39, 0.29) is 23.8 Å². The molecule has 0 heterocycles. The fourth-order valence-corrected chi connectivity index (χ4v) is 1.17. The molecule has 88 valence electrons. The van der Waals surface area contributed by atoms with Crippen molar-refractivity contribution < 1.29 is 13.6 Å². The van der Waals surface area contributed by atoms with Crippen molar-refractivity contribution in [3.05, 3.63) is 23.8 Å². The number of carbonyl (C=O) groups excluding carboxylic acids is 1. The third-order valence-corrected chi connectivity index (χ3v) is 1.91. The number of hydrogen-bond donors (Lipinski definition) is 3. The Morgan fingerprint density at radius 3 is 2.75 bits per heavy atom. The Labute approximate surface area is 91.8 Å². The van der Waals surface area contributed by atoms with E-state index in [2.05, 4.69) is 10.6 Å². The largest absolute Gasteiger partial charge is 0.395 e. The molecule has 4 nitrogen and oxygen atoms in total. The van der Waals surface area contributed by atoms with Crippen LogP contribution in [0.4, 0.5) is 20.2 Å². The second-order valence-corrected chi connectivity index (χ2v) is 3.16. The molecule has 0 aliphatic heterocycles. The van der Waals surface area contributed by atoms with Crippen LogP contribution in [-0.4, -0.2) is 19.0 Å². The van der Waals surface area contributed by atoms with Gasteiger partial charge in [-0.05, 0) is 13.0 Å². The molecule has 0 saturated carbocycles. The Morgan fingerprint density at radius 1 is 1.44 bits per heavy atom. The van der Waals surface area contributed by atoms with Gasteiger partial charge in [0.15, 0.2) is 5.82 Å². The Balaban J connectivity index is 2.70. The van der Waals surface area contributed by atoms with E-state index in [1.807, 2.05) is 0 Å². The van der Waals surface area contributed by atoms with Crippen molar-refractivity contribution in [2.24, 2.45) is 0 Å². The highest BCUT2D eigenvalue weighted by Gasteiger charge is 2.08. The topological polar surface area (TPSA) is 67.2 Å². The molecule has 0 saturated heterocycles. The van der Waals surface area contributed by atoms with Crippen LogP contribution in [0, 0.1) is 11.6 Å². The zero-order valence-corrected chi connectivity index (χ0v) is 8.81. The molecule has 4 N–H and O–H groups in total. The van der Waals surface area contributed by atoms with Crippen molar-refractivity contribution in [3.63, 3.8) is 0 Å². The van der Waals surface area contributed by atoms with Crippen LogP contribution >= 0.6 is 0 Å². The van der Waals surface area contributed by atoms with Gasteiger partial charge in [0.2, 0.25) is 5.91 Å². The summed E-state index contributed by atoms with van der Waals surface area (Å²) in [6.07, 6.45) is 0. The maximum Gasteiger partial charge on any atom is 0.239 e. The maximum absolute atomic E-state index is 13.0. The lowest BCUT2D eigenvalue weighted by molar-refractivity contribution is -0.119. The maximum atomic E-state index is 13.0. The molecule has 1 amide bonds. The van der Waals surface area contributed by atoms with Crippen LogP contribution in [0.2, 0.25) is 0 Å². The Hall–Kier alpha value is -1.85. The molecule has 6 heteroatoms. The number of likely N-dealkylation sites (N-methyl/N-ethyl adjacent to an activating group) is 1. The van der Waals surface area contributed by atoms with Crippen molar-refractivity contribution in [2.75, 3.05) is 24.1 Å². The van der Waals surface area contributed by atoms with Crippen molar-refractivity contribution in [1.29, 1.82) is 0 Å². The average Bonchev–Trinajstić information content (AvgIpc) is 2.21. The quantitative estimate of drug-likeness (QED) is 0.677. The molecule has 0 aromatic heterocycles. The highest BCUT2D eigenvalue weighted by atomic mass is 19.1. The van der Waals surface area contributed by atoms with Gasteiger partial charge >= 0.3 is 0 Å². The van der Waals surface area contributed by atoms with E-state index in [4.69, 9.17) is 5.73 Å². The van der Waals surface area contributed by atoms with E-state index in [1.54, 1.807) is 6.92 Å². The monoisotopic (exact) mass is 229 g/mol. The van der Waals surface area contributed by atoms with Gasteiger partial charge in [0.05, 0.1) is 17.9 Å². The first kappa shape index (κ1) is 12.2. The summed E-state index contributed by atoms with van der Waals surface area (Å²) in [6.45, 7) is 2.18. The third kappa shape index (κ3) is 3.08. The SMILES string of the molecule is CCNC(=O)CNc1cc(F)cc(F)c1N. The number of rotatable bonds is 4. The lowest BCUT2D eigenvalue weighted by atomic mass is 10.2. The highest BCUT2D eigenvalue weighted by Crippen LogP contribution is 2.22. The summed E-state index contributed by atoms with van der Waals surface area (Å²) >= 11 is 0. The summed E-state index contributed by atoms with van der Waals surface area (Å²) in [6, 6.07) is 1.73. The Morgan fingerprint density at radius 2 is 2.12 bits per heavy atom. The van der Waals surface area contributed by atoms with Crippen LogP contribution in [0.1, 0.15) is 6.92 Å². The van der Waals surface area contributed by atoms with Gasteiger partial charge in [-0.25, -0.2) is 8.78 Å². The molecular weight excluding hydrogens is 216 g/mol. The highest BCUT2D eigenvalue weighted by molar-refractivity contribution is 5.82. The molecule has 0 spiro atoms. The van der Waals surface area contributed by atoms with Crippen LogP contribution in [-0.2, 0) is 4.79 Å². The minimum Gasteiger partial charge on any atom is -0.395 e. The van der Waals surface area contributed by atoms with Gasteiger partial charge in [-0.15, -0.1) is 0 Å². The molecular formula is C10H13F2N3O. The lowest BCUT2D eigenvalue weighted by Gasteiger charge is -2.09. The normalized spacial score (nSPS) is 9.94. The summed E-state index contributed by atoms with van der Waals surface area (Å²) in [5, 5.41) is 5.10. The predicted octanol–water partition coefficient (Wildman–Crippen LogP) is 1.09. The van der Waals surface area contributed by atoms with Crippen LogP contribution in [0.15, 0.2) is 12.1 Å². The standard InChI is InChI=1S/C10H13F2N3O/c1-2-14-9(16)5-15-8-4-6(11)3-7(12)10(8)13/h3-4,15H,2,5,13H2,1H3,(H,14,16). The first-order valence-electron chi connectivity index (χ1n) is 4.79. The van der Waals surface area contributed by atoms with E-state index < -0.39 is 11.6 Å². The molecule has 0 atom stereocenters. The predicted molar refractivity (Wildman–Crippen MR) is 57.9 cm³/mol. The number of hydrogen-bond acceptors (Lipinski definition) is 3. The molecule has 1 aromatic rings. The minimum absolute atomic E-state index is 0.0729. The fourth-order valence-electron chi connectivity index (χ4n) is 1.17. The molecule has 1 rings (SSSR count). The van der Waals surface area contributed by atoms with Gasteiger partial charge in [0, 0.05) is 12.6 Å². The van der Waals surface area contributed by atoms with Crippen LogP contribution in [0.25, 0.3) is 0 Å². The number of nitrogens with one attached hydrogen (secondary N) is 2. The smallest absolute Gasteiger partial charge is 0.239 e. The van der Waals surface area contributed by atoms with Gasteiger partial charge in [0.1, 0.15) is 5.82 Å². The zero-order chi connectivity index (χ0) is 12.1.